The molecule has 2 aromatic carbocycles. The monoisotopic (exact) mass is 385 g/mol. The number of rotatable bonds is 4. The molecule has 4 nitrogen and oxygen atoms in total. The molecule has 0 atom stereocenters. The second-order valence-electron chi connectivity index (χ2n) is 7.91. The van der Waals surface area contributed by atoms with Crippen LogP contribution in [0.25, 0.3) is 11.1 Å². The van der Waals surface area contributed by atoms with Crippen LogP contribution in [0.2, 0.25) is 0 Å². The highest BCUT2D eigenvalue weighted by atomic mass is 32.2. The van der Waals surface area contributed by atoms with Crippen molar-refractivity contribution in [3.63, 3.8) is 0 Å². The molecule has 2 heterocycles. The van der Waals surface area contributed by atoms with Gasteiger partial charge in [-0.05, 0) is 54.5 Å². The number of hydrogen-bond donors (Lipinski definition) is 0. The van der Waals surface area contributed by atoms with E-state index in [4.69, 9.17) is 4.74 Å². The smallest absolute Gasteiger partial charge is 0.175 e. The van der Waals surface area contributed by atoms with Gasteiger partial charge in [0.2, 0.25) is 0 Å². The molecule has 1 spiro atoms. The molecule has 2 aliphatic heterocycles. The molecule has 2 aliphatic rings. The minimum Gasteiger partial charge on any atom is -0.375 e. The molecule has 0 aromatic heterocycles. The Morgan fingerprint density at radius 2 is 1.74 bits per heavy atom. The molecule has 5 heteroatoms. The number of piperidine rings is 1. The molecule has 0 unspecified atom stereocenters. The van der Waals surface area contributed by atoms with Crippen LogP contribution >= 0.6 is 0 Å². The van der Waals surface area contributed by atoms with E-state index in [0.29, 0.717) is 4.90 Å². The van der Waals surface area contributed by atoms with Crippen molar-refractivity contribution < 1.29 is 13.2 Å². The molecule has 2 saturated heterocycles. The highest BCUT2D eigenvalue weighted by molar-refractivity contribution is 7.90. The molecule has 2 aromatic rings. The lowest BCUT2D eigenvalue weighted by Gasteiger charge is -2.38. The number of benzene rings is 2. The third-order valence-corrected chi connectivity index (χ3v) is 7.02. The molecule has 27 heavy (non-hydrogen) atoms. The standard InChI is InChI=1S/C22H27NO3S/c1-27(24,25)21-5-2-4-20(16-21)19-8-6-18(7-9-19)17-23-13-11-22(12-14-23)10-3-15-26-22/h2,4-9,16H,3,10-15,17H2,1H3. The molecule has 0 aliphatic carbocycles. The summed E-state index contributed by atoms with van der Waals surface area (Å²) in [5.41, 5.74) is 3.44. The number of hydrogen-bond acceptors (Lipinski definition) is 4. The summed E-state index contributed by atoms with van der Waals surface area (Å²) in [7, 11) is -3.19. The summed E-state index contributed by atoms with van der Waals surface area (Å²) < 4.78 is 29.5. The van der Waals surface area contributed by atoms with Crippen molar-refractivity contribution in [1.29, 1.82) is 0 Å². The second kappa shape index (κ2) is 7.38. The van der Waals surface area contributed by atoms with Crippen molar-refractivity contribution in [3.8, 4) is 11.1 Å². The Balaban J connectivity index is 1.41. The number of ether oxygens (including phenoxy) is 1. The lowest BCUT2D eigenvalue weighted by molar-refractivity contribution is -0.0447. The van der Waals surface area contributed by atoms with Gasteiger partial charge in [-0.3, -0.25) is 4.90 Å². The first kappa shape index (κ1) is 18.7. The van der Waals surface area contributed by atoms with Gasteiger partial charge in [-0.2, -0.15) is 0 Å². The van der Waals surface area contributed by atoms with E-state index in [2.05, 4.69) is 29.2 Å². The summed E-state index contributed by atoms with van der Waals surface area (Å²) in [5.74, 6) is 0. The Labute approximate surface area is 162 Å². The first-order valence-corrected chi connectivity index (χ1v) is 11.6. The van der Waals surface area contributed by atoms with Gasteiger partial charge in [-0.1, -0.05) is 36.4 Å². The van der Waals surface area contributed by atoms with Crippen LogP contribution in [-0.2, 0) is 21.1 Å². The van der Waals surface area contributed by atoms with Crippen LogP contribution in [0.15, 0.2) is 53.4 Å². The Kier molecular flexibility index (Phi) is 5.10. The molecule has 0 bridgehead atoms. The van der Waals surface area contributed by atoms with Crippen LogP contribution in [0.3, 0.4) is 0 Å². The van der Waals surface area contributed by atoms with Crippen LogP contribution < -0.4 is 0 Å². The highest BCUT2D eigenvalue weighted by Gasteiger charge is 2.38. The van der Waals surface area contributed by atoms with Crippen LogP contribution in [0.1, 0.15) is 31.2 Å². The summed E-state index contributed by atoms with van der Waals surface area (Å²) in [5, 5.41) is 0. The van der Waals surface area contributed by atoms with Crippen molar-refractivity contribution in [2.75, 3.05) is 26.0 Å². The van der Waals surface area contributed by atoms with Gasteiger partial charge < -0.3 is 4.74 Å². The number of nitrogens with zero attached hydrogens (tertiary/aromatic N) is 1. The van der Waals surface area contributed by atoms with Gasteiger partial charge in [-0.25, -0.2) is 8.42 Å². The van der Waals surface area contributed by atoms with Gasteiger partial charge in [0.25, 0.3) is 0 Å². The van der Waals surface area contributed by atoms with Gasteiger partial charge in [0.05, 0.1) is 10.5 Å². The minimum absolute atomic E-state index is 0.172. The summed E-state index contributed by atoms with van der Waals surface area (Å²) in [6.45, 7) is 4.08. The highest BCUT2D eigenvalue weighted by Crippen LogP contribution is 2.36. The van der Waals surface area contributed by atoms with Gasteiger partial charge in [0, 0.05) is 32.5 Å². The molecule has 144 valence electrons. The van der Waals surface area contributed by atoms with E-state index in [-0.39, 0.29) is 5.60 Å². The van der Waals surface area contributed by atoms with Crippen LogP contribution in [0.4, 0.5) is 0 Å². The Morgan fingerprint density at radius 3 is 2.37 bits per heavy atom. The molecule has 0 N–H and O–H groups in total. The molecule has 0 saturated carbocycles. The van der Waals surface area contributed by atoms with E-state index in [1.54, 1.807) is 18.2 Å². The van der Waals surface area contributed by atoms with Crippen molar-refractivity contribution >= 4 is 9.84 Å². The largest absolute Gasteiger partial charge is 0.375 e. The topological polar surface area (TPSA) is 46.6 Å². The van der Waals surface area contributed by atoms with Crippen LogP contribution in [0.5, 0.6) is 0 Å². The molecular weight excluding hydrogens is 358 g/mol. The molecule has 0 amide bonds. The maximum absolute atomic E-state index is 11.8. The number of likely N-dealkylation sites (tertiary alicyclic amines) is 1. The van der Waals surface area contributed by atoms with E-state index in [9.17, 15) is 8.42 Å². The molecular formula is C22H27NO3S. The first-order chi connectivity index (χ1) is 12.9. The van der Waals surface area contributed by atoms with E-state index in [1.165, 1.54) is 24.7 Å². The summed E-state index contributed by atoms with van der Waals surface area (Å²) in [6, 6.07) is 15.6. The lowest BCUT2D eigenvalue weighted by Crippen LogP contribution is -2.43. The average molecular weight is 386 g/mol. The minimum atomic E-state index is -3.19. The Morgan fingerprint density at radius 1 is 1.00 bits per heavy atom. The summed E-state index contributed by atoms with van der Waals surface area (Å²) in [6.07, 6.45) is 5.96. The SMILES string of the molecule is CS(=O)(=O)c1cccc(-c2ccc(CN3CCC4(CCCO4)CC3)cc2)c1. The van der Waals surface area contributed by atoms with Crippen LogP contribution in [0, 0.1) is 0 Å². The average Bonchev–Trinajstić information content (AvgIpc) is 3.12. The zero-order chi connectivity index (χ0) is 18.9. The van der Waals surface area contributed by atoms with Gasteiger partial charge >= 0.3 is 0 Å². The second-order valence-corrected chi connectivity index (χ2v) is 9.92. The summed E-state index contributed by atoms with van der Waals surface area (Å²) in [4.78, 5) is 2.87. The maximum atomic E-state index is 11.8. The number of sulfone groups is 1. The molecule has 0 radical (unpaired) electrons. The van der Waals surface area contributed by atoms with Gasteiger partial charge in [0.1, 0.15) is 0 Å². The van der Waals surface area contributed by atoms with Gasteiger partial charge in [-0.15, -0.1) is 0 Å². The van der Waals surface area contributed by atoms with E-state index in [0.717, 1.165) is 50.2 Å². The first-order valence-electron chi connectivity index (χ1n) is 9.69. The predicted molar refractivity (Wildman–Crippen MR) is 107 cm³/mol. The van der Waals surface area contributed by atoms with Crippen molar-refractivity contribution in [3.05, 3.63) is 54.1 Å². The Hall–Kier alpha value is -1.69. The maximum Gasteiger partial charge on any atom is 0.175 e. The van der Waals surface area contributed by atoms with Crippen LogP contribution in [-0.4, -0.2) is 44.9 Å². The quantitative estimate of drug-likeness (QED) is 0.801. The zero-order valence-electron chi connectivity index (χ0n) is 15.9. The van der Waals surface area contributed by atoms with Crippen molar-refractivity contribution in [1.82, 2.24) is 4.90 Å². The normalized spacial score (nSPS) is 20.2. The molecule has 4 rings (SSSR count). The van der Waals surface area contributed by atoms with Crippen molar-refractivity contribution in [2.24, 2.45) is 0 Å². The lowest BCUT2D eigenvalue weighted by atomic mass is 9.88. The van der Waals surface area contributed by atoms with E-state index in [1.807, 2.05) is 6.07 Å². The summed E-state index contributed by atoms with van der Waals surface area (Å²) >= 11 is 0. The molecule has 2 fully saturated rings. The fourth-order valence-corrected chi connectivity index (χ4v) is 4.90. The van der Waals surface area contributed by atoms with E-state index >= 15 is 0 Å². The van der Waals surface area contributed by atoms with Crippen molar-refractivity contribution in [2.45, 2.75) is 42.7 Å². The fourth-order valence-electron chi connectivity index (χ4n) is 4.24. The third kappa shape index (κ3) is 4.26. The fraction of sp³-hybridized carbons (Fsp3) is 0.455. The predicted octanol–water partition coefficient (Wildman–Crippen LogP) is 3.90. The van der Waals surface area contributed by atoms with E-state index < -0.39 is 9.84 Å². The zero-order valence-corrected chi connectivity index (χ0v) is 16.7. The third-order valence-electron chi connectivity index (χ3n) is 5.91. The van der Waals surface area contributed by atoms with Gasteiger partial charge in [0.15, 0.2) is 9.84 Å². The Bertz CT molecular complexity index is 889.